The lowest BCUT2D eigenvalue weighted by Gasteiger charge is -2.09. The minimum absolute atomic E-state index is 0.302. The first-order valence-electron chi connectivity index (χ1n) is 6.21. The molecule has 3 heteroatoms. The van der Waals surface area contributed by atoms with Gasteiger partial charge in [-0.2, -0.15) is 0 Å². The summed E-state index contributed by atoms with van der Waals surface area (Å²) < 4.78 is 27.0. The van der Waals surface area contributed by atoms with Crippen LogP contribution in [0.2, 0.25) is 0 Å². The monoisotopic (exact) mass is 267 g/mol. The van der Waals surface area contributed by atoms with Crippen LogP contribution in [0.15, 0.2) is 66.9 Å². The van der Waals surface area contributed by atoms with E-state index in [0.717, 1.165) is 5.56 Å². The summed E-state index contributed by atoms with van der Waals surface area (Å²) in [5.41, 5.74) is 2.57. The number of hydrogen-bond donors (Lipinski definition) is 0. The van der Waals surface area contributed by atoms with Crippen molar-refractivity contribution in [2.75, 3.05) is 0 Å². The molecule has 98 valence electrons. The van der Waals surface area contributed by atoms with E-state index in [-0.39, 0.29) is 11.6 Å². The highest BCUT2D eigenvalue weighted by Gasteiger charge is 2.11. The molecule has 0 aliphatic carbocycles. The zero-order valence-corrected chi connectivity index (χ0v) is 10.6. The highest BCUT2D eigenvalue weighted by atomic mass is 19.1. The molecule has 3 aromatic rings. The average Bonchev–Trinajstić information content (AvgIpc) is 2.49. The van der Waals surface area contributed by atoms with Crippen molar-refractivity contribution in [1.82, 2.24) is 4.98 Å². The van der Waals surface area contributed by atoms with Gasteiger partial charge in [0.25, 0.3) is 0 Å². The summed E-state index contributed by atoms with van der Waals surface area (Å²) in [6, 6.07) is 16.1. The Kier molecular flexibility index (Phi) is 3.25. The molecule has 2 aromatic carbocycles. The van der Waals surface area contributed by atoms with Gasteiger partial charge in [0.1, 0.15) is 11.6 Å². The van der Waals surface area contributed by atoms with E-state index < -0.39 is 0 Å². The second-order valence-electron chi connectivity index (χ2n) is 4.39. The zero-order valence-electron chi connectivity index (χ0n) is 10.6. The third kappa shape index (κ3) is 2.30. The lowest BCUT2D eigenvalue weighted by molar-refractivity contribution is 0.628. The van der Waals surface area contributed by atoms with Crippen molar-refractivity contribution in [3.8, 4) is 22.4 Å². The number of pyridine rings is 1. The molecule has 20 heavy (non-hydrogen) atoms. The van der Waals surface area contributed by atoms with Crippen molar-refractivity contribution in [1.29, 1.82) is 0 Å². The van der Waals surface area contributed by atoms with Crippen LogP contribution in [-0.2, 0) is 0 Å². The largest absolute Gasteiger partial charge is 0.256 e. The molecule has 0 bridgehead atoms. The van der Waals surface area contributed by atoms with E-state index in [2.05, 4.69) is 4.98 Å². The number of rotatable bonds is 2. The number of aromatic nitrogens is 1. The Labute approximate surface area is 115 Å². The fraction of sp³-hybridized carbons (Fsp3) is 0. The Bertz CT molecular complexity index is 736. The van der Waals surface area contributed by atoms with Gasteiger partial charge in [0.05, 0.1) is 5.69 Å². The zero-order chi connectivity index (χ0) is 13.9. The van der Waals surface area contributed by atoms with E-state index in [1.807, 2.05) is 6.07 Å². The molecule has 0 saturated heterocycles. The summed E-state index contributed by atoms with van der Waals surface area (Å²) in [5, 5.41) is 0. The van der Waals surface area contributed by atoms with E-state index >= 15 is 0 Å². The highest BCUT2D eigenvalue weighted by molar-refractivity contribution is 5.80. The molecule has 0 saturated carbocycles. The molecule has 0 aliphatic heterocycles. The quantitative estimate of drug-likeness (QED) is 0.656. The molecule has 0 spiro atoms. The summed E-state index contributed by atoms with van der Waals surface area (Å²) in [4.78, 5) is 4.31. The number of hydrogen-bond acceptors (Lipinski definition) is 1. The molecule has 3 rings (SSSR count). The SMILES string of the molecule is Fc1ccc(-c2ncccc2-c2ccccc2F)cc1. The van der Waals surface area contributed by atoms with Crippen LogP contribution < -0.4 is 0 Å². The molecule has 1 aromatic heterocycles. The Balaban J connectivity index is 2.19. The van der Waals surface area contributed by atoms with Crippen molar-refractivity contribution in [2.24, 2.45) is 0 Å². The standard InChI is InChI=1S/C17H11F2N/c18-13-9-7-12(8-10-13)17-15(5-3-11-20-17)14-4-1-2-6-16(14)19/h1-11H. The molecule has 1 heterocycles. The van der Waals surface area contributed by atoms with Crippen molar-refractivity contribution in [3.63, 3.8) is 0 Å². The first-order valence-corrected chi connectivity index (χ1v) is 6.21. The predicted octanol–water partition coefficient (Wildman–Crippen LogP) is 4.69. The Morgan fingerprint density at radius 1 is 0.700 bits per heavy atom. The summed E-state index contributed by atoms with van der Waals surface area (Å²) in [5.74, 6) is -0.610. The van der Waals surface area contributed by atoms with Gasteiger partial charge in [0.2, 0.25) is 0 Å². The predicted molar refractivity (Wildman–Crippen MR) is 75.0 cm³/mol. The van der Waals surface area contributed by atoms with Crippen molar-refractivity contribution in [2.45, 2.75) is 0 Å². The molecule has 0 fully saturated rings. The minimum atomic E-state index is -0.308. The second kappa shape index (κ2) is 5.21. The average molecular weight is 267 g/mol. The van der Waals surface area contributed by atoms with E-state index in [1.165, 1.54) is 18.2 Å². The van der Waals surface area contributed by atoms with Crippen molar-refractivity contribution < 1.29 is 8.78 Å². The van der Waals surface area contributed by atoms with Gasteiger partial charge in [-0.05, 0) is 36.4 Å². The van der Waals surface area contributed by atoms with Gasteiger partial charge >= 0.3 is 0 Å². The molecular weight excluding hydrogens is 256 g/mol. The number of halogens is 2. The summed E-state index contributed by atoms with van der Waals surface area (Å²) >= 11 is 0. The third-order valence-electron chi connectivity index (χ3n) is 3.09. The fourth-order valence-corrected chi connectivity index (χ4v) is 2.14. The first kappa shape index (κ1) is 12.5. The van der Waals surface area contributed by atoms with Crippen LogP contribution in [0.4, 0.5) is 8.78 Å². The molecule has 0 radical (unpaired) electrons. The Hall–Kier alpha value is -2.55. The molecule has 1 nitrogen and oxygen atoms in total. The van der Waals surface area contributed by atoms with Crippen LogP contribution in [0.25, 0.3) is 22.4 Å². The summed E-state index contributed by atoms with van der Waals surface area (Å²) in [6.45, 7) is 0. The minimum Gasteiger partial charge on any atom is -0.256 e. The number of benzene rings is 2. The molecule has 0 atom stereocenters. The van der Waals surface area contributed by atoms with Crippen LogP contribution in [0.1, 0.15) is 0 Å². The van der Waals surface area contributed by atoms with Crippen molar-refractivity contribution >= 4 is 0 Å². The van der Waals surface area contributed by atoms with E-state index in [0.29, 0.717) is 16.8 Å². The van der Waals surface area contributed by atoms with Crippen LogP contribution in [0.3, 0.4) is 0 Å². The van der Waals surface area contributed by atoms with Gasteiger partial charge < -0.3 is 0 Å². The molecule has 0 N–H and O–H groups in total. The lowest BCUT2D eigenvalue weighted by Crippen LogP contribution is -1.91. The maximum absolute atomic E-state index is 13.9. The number of nitrogens with zero attached hydrogens (tertiary/aromatic N) is 1. The lowest BCUT2D eigenvalue weighted by atomic mass is 9.99. The van der Waals surface area contributed by atoms with E-state index in [1.54, 1.807) is 42.6 Å². The molecule has 0 amide bonds. The fourth-order valence-electron chi connectivity index (χ4n) is 2.14. The maximum Gasteiger partial charge on any atom is 0.131 e. The topological polar surface area (TPSA) is 12.9 Å². The Morgan fingerprint density at radius 2 is 1.40 bits per heavy atom. The third-order valence-corrected chi connectivity index (χ3v) is 3.09. The Morgan fingerprint density at radius 3 is 2.15 bits per heavy atom. The maximum atomic E-state index is 13.9. The van der Waals surface area contributed by atoms with E-state index in [9.17, 15) is 8.78 Å². The van der Waals surface area contributed by atoms with Gasteiger partial charge in [-0.25, -0.2) is 8.78 Å². The van der Waals surface area contributed by atoms with E-state index in [4.69, 9.17) is 0 Å². The van der Waals surface area contributed by atoms with Crippen LogP contribution in [-0.4, -0.2) is 4.98 Å². The van der Waals surface area contributed by atoms with Crippen LogP contribution in [0.5, 0.6) is 0 Å². The van der Waals surface area contributed by atoms with Crippen molar-refractivity contribution in [3.05, 3.63) is 78.5 Å². The van der Waals surface area contributed by atoms with Gasteiger partial charge in [0.15, 0.2) is 0 Å². The molecule has 0 aliphatic rings. The summed E-state index contributed by atoms with van der Waals surface area (Å²) in [6.07, 6.45) is 1.64. The smallest absolute Gasteiger partial charge is 0.131 e. The second-order valence-corrected chi connectivity index (χ2v) is 4.39. The normalized spacial score (nSPS) is 10.5. The van der Waals surface area contributed by atoms with Gasteiger partial charge in [-0.15, -0.1) is 0 Å². The highest BCUT2D eigenvalue weighted by Crippen LogP contribution is 2.31. The van der Waals surface area contributed by atoms with Gasteiger partial charge in [-0.1, -0.05) is 24.3 Å². The molecule has 0 unspecified atom stereocenters. The first-order chi connectivity index (χ1) is 9.75. The van der Waals surface area contributed by atoms with Crippen LogP contribution >= 0.6 is 0 Å². The molecular formula is C17H11F2N. The summed E-state index contributed by atoms with van der Waals surface area (Å²) in [7, 11) is 0. The van der Waals surface area contributed by atoms with Gasteiger partial charge in [-0.3, -0.25) is 4.98 Å². The van der Waals surface area contributed by atoms with Gasteiger partial charge in [0, 0.05) is 22.9 Å². The van der Waals surface area contributed by atoms with Crippen LogP contribution in [0, 0.1) is 11.6 Å².